The van der Waals surface area contributed by atoms with Gasteiger partial charge in [-0.3, -0.25) is 19.3 Å². The zero-order valence-corrected chi connectivity index (χ0v) is 10.5. The smallest absolute Gasteiger partial charge is 0.263 e. The molecule has 7 heteroatoms. The third-order valence-corrected chi connectivity index (χ3v) is 3.95. The fourth-order valence-corrected chi connectivity index (χ4v) is 2.90. The lowest BCUT2D eigenvalue weighted by atomic mass is 10.1. The molecule has 0 radical (unpaired) electrons. The first kappa shape index (κ1) is 11.9. The van der Waals surface area contributed by atoms with Crippen molar-refractivity contribution in [3.8, 4) is 0 Å². The van der Waals surface area contributed by atoms with Crippen molar-refractivity contribution in [2.24, 2.45) is 10.7 Å². The summed E-state index contributed by atoms with van der Waals surface area (Å²) in [6.07, 6.45) is 0. The normalized spacial score (nSPS) is 21.9. The molecule has 0 aliphatic carbocycles. The first-order chi connectivity index (χ1) is 9.08. The third-order valence-electron chi connectivity index (χ3n) is 2.99. The van der Waals surface area contributed by atoms with Gasteiger partial charge in [0.25, 0.3) is 17.7 Å². The van der Waals surface area contributed by atoms with Gasteiger partial charge >= 0.3 is 0 Å². The van der Waals surface area contributed by atoms with Crippen LogP contribution in [0.5, 0.6) is 0 Å². The van der Waals surface area contributed by atoms with Gasteiger partial charge < -0.3 is 5.73 Å². The SMILES string of the molecule is NC1=NC(=O)[C@@H](CN2C(=O)c3ccccc3C2=O)S1. The highest BCUT2D eigenvalue weighted by Crippen LogP contribution is 2.27. The molecule has 3 amide bonds. The largest absolute Gasteiger partial charge is 0.378 e. The van der Waals surface area contributed by atoms with E-state index in [4.69, 9.17) is 5.73 Å². The van der Waals surface area contributed by atoms with E-state index >= 15 is 0 Å². The molecule has 6 nitrogen and oxygen atoms in total. The van der Waals surface area contributed by atoms with E-state index in [0.29, 0.717) is 11.1 Å². The van der Waals surface area contributed by atoms with Crippen molar-refractivity contribution in [2.45, 2.75) is 5.25 Å². The van der Waals surface area contributed by atoms with Crippen LogP contribution >= 0.6 is 11.8 Å². The van der Waals surface area contributed by atoms with Gasteiger partial charge in [-0.2, -0.15) is 4.99 Å². The van der Waals surface area contributed by atoms with Gasteiger partial charge in [-0.05, 0) is 12.1 Å². The van der Waals surface area contributed by atoms with Crippen molar-refractivity contribution in [3.05, 3.63) is 35.4 Å². The average Bonchev–Trinajstić information content (AvgIpc) is 2.83. The number of carbonyl (C=O) groups excluding carboxylic acids is 3. The summed E-state index contributed by atoms with van der Waals surface area (Å²) in [4.78, 5) is 40.4. The summed E-state index contributed by atoms with van der Waals surface area (Å²) < 4.78 is 0. The Hall–Kier alpha value is -2.15. The number of benzene rings is 1. The summed E-state index contributed by atoms with van der Waals surface area (Å²) in [5, 5.41) is -0.422. The Labute approximate surface area is 112 Å². The maximum absolute atomic E-state index is 12.1. The number of aliphatic imine (C=N–C) groups is 1. The molecule has 2 aliphatic heterocycles. The molecular formula is C12H9N3O3S. The number of carbonyl (C=O) groups is 3. The van der Waals surface area contributed by atoms with Crippen LogP contribution in [0.15, 0.2) is 29.3 Å². The number of amidine groups is 1. The summed E-state index contributed by atoms with van der Waals surface area (Å²) in [6, 6.07) is 6.60. The summed E-state index contributed by atoms with van der Waals surface area (Å²) >= 11 is 1.08. The fourth-order valence-electron chi connectivity index (χ4n) is 2.09. The zero-order valence-electron chi connectivity index (χ0n) is 9.70. The van der Waals surface area contributed by atoms with Crippen LogP contribution in [0.25, 0.3) is 0 Å². The first-order valence-electron chi connectivity index (χ1n) is 5.58. The van der Waals surface area contributed by atoms with Crippen LogP contribution in [0.3, 0.4) is 0 Å². The predicted molar refractivity (Wildman–Crippen MR) is 69.8 cm³/mol. The molecule has 0 unspecified atom stereocenters. The molecular weight excluding hydrogens is 266 g/mol. The van der Waals surface area contributed by atoms with Gasteiger partial charge in [0.15, 0.2) is 5.17 Å². The lowest BCUT2D eigenvalue weighted by Crippen LogP contribution is -2.37. The van der Waals surface area contributed by atoms with E-state index in [-0.39, 0.29) is 23.5 Å². The number of amides is 3. The van der Waals surface area contributed by atoms with Gasteiger partial charge in [-0.15, -0.1) is 0 Å². The van der Waals surface area contributed by atoms with E-state index in [1.807, 2.05) is 0 Å². The molecule has 0 saturated carbocycles. The summed E-state index contributed by atoms with van der Waals surface area (Å²) in [6.45, 7) is 0.0000463. The molecule has 2 aliphatic rings. The fraction of sp³-hybridized carbons (Fsp3) is 0.167. The maximum atomic E-state index is 12.1. The standard InChI is InChI=1S/C12H9N3O3S/c13-12-14-9(16)8(19-12)5-15-10(17)6-3-1-2-4-7(6)11(15)18/h1-4,8H,5H2,(H2,13,14,16)/t8-/m1/s1. The number of hydrogen-bond donors (Lipinski definition) is 1. The Bertz CT molecular complexity index is 606. The van der Waals surface area contributed by atoms with E-state index in [9.17, 15) is 14.4 Å². The lowest BCUT2D eigenvalue weighted by Gasteiger charge is -2.16. The molecule has 0 fully saturated rings. The molecule has 0 bridgehead atoms. The van der Waals surface area contributed by atoms with Crippen molar-refractivity contribution in [2.75, 3.05) is 6.54 Å². The zero-order chi connectivity index (χ0) is 13.6. The van der Waals surface area contributed by atoms with Gasteiger partial charge in [-0.1, -0.05) is 23.9 Å². The number of fused-ring (bicyclic) bond motifs is 1. The summed E-state index contributed by atoms with van der Waals surface area (Å²) in [5.74, 6) is -1.15. The van der Waals surface area contributed by atoms with Gasteiger partial charge in [-0.25, -0.2) is 0 Å². The summed E-state index contributed by atoms with van der Waals surface area (Å²) in [5.41, 5.74) is 6.19. The highest BCUT2D eigenvalue weighted by Gasteiger charge is 2.39. The second-order valence-corrected chi connectivity index (χ2v) is 5.38. The van der Waals surface area contributed by atoms with Crippen molar-refractivity contribution >= 4 is 34.7 Å². The van der Waals surface area contributed by atoms with Gasteiger partial charge in [0.05, 0.1) is 17.7 Å². The number of thioether (sulfide) groups is 1. The van der Waals surface area contributed by atoms with Crippen molar-refractivity contribution < 1.29 is 14.4 Å². The Morgan fingerprint density at radius 1 is 1.16 bits per heavy atom. The molecule has 3 rings (SSSR count). The molecule has 19 heavy (non-hydrogen) atoms. The quantitative estimate of drug-likeness (QED) is 0.780. The third kappa shape index (κ3) is 1.82. The maximum Gasteiger partial charge on any atom is 0.263 e. The highest BCUT2D eigenvalue weighted by atomic mass is 32.2. The minimum Gasteiger partial charge on any atom is -0.378 e. The van der Waals surface area contributed by atoms with Gasteiger partial charge in [0, 0.05) is 0 Å². The number of nitrogens with two attached hydrogens (primary N) is 1. The monoisotopic (exact) mass is 275 g/mol. The van der Waals surface area contributed by atoms with E-state index in [0.717, 1.165) is 16.7 Å². The van der Waals surface area contributed by atoms with Crippen LogP contribution in [0.2, 0.25) is 0 Å². The Morgan fingerprint density at radius 2 is 1.74 bits per heavy atom. The van der Waals surface area contributed by atoms with Crippen molar-refractivity contribution in [3.63, 3.8) is 0 Å². The van der Waals surface area contributed by atoms with Crippen LogP contribution in [0.4, 0.5) is 0 Å². The Morgan fingerprint density at radius 3 is 2.21 bits per heavy atom. The molecule has 0 aromatic heterocycles. The highest BCUT2D eigenvalue weighted by molar-refractivity contribution is 8.15. The van der Waals surface area contributed by atoms with Crippen LogP contribution in [0.1, 0.15) is 20.7 Å². The predicted octanol–water partition coefficient (Wildman–Crippen LogP) is 0.239. The molecule has 2 N–H and O–H groups in total. The minimum absolute atomic E-state index is 0.0000463. The van der Waals surface area contributed by atoms with Crippen LogP contribution in [-0.2, 0) is 4.79 Å². The van der Waals surface area contributed by atoms with Crippen LogP contribution < -0.4 is 5.73 Å². The molecule has 1 aromatic carbocycles. The van der Waals surface area contributed by atoms with Gasteiger partial charge in [0.1, 0.15) is 5.25 Å². The molecule has 96 valence electrons. The van der Waals surface area contributed by atoms with E-state index in [1.54, 1.807) is 24.3 Å². The number of nitrogens with zero attached hydrogens (tertiary/aromatic N) is 2. The second kappa shape index (κ2) is 4.20. The van der Waals surface area contributed by atoms with E-state index in [2.05, 4.69) is 4.99 Å². The van der Waals surface area contributed by atoms with Gasteiger partial charge in [0.2, 0.25) is 0 Å². The molecule has 1 atom stereocenters. The van der Waals surface area contributed by atoms with Crippen LogP contribution in [-0.4, -0.2) is 39.6 Å². The molecule has 0 saturated heterocycles. The first-order valence-corrected chi connectivity index (χ1v) is 6.46. The lowest BCUT2D eigenvalue weighted by molar-refractivity contribution is -0.117. The topological polar surface area (TPSA) is 92.8 Å². The van der Waals surface area contributed by atoms with E-state index < -0.39 is 11.2 Å². The number of hydrogen-bond acceptors (Lipinski definition) is 5. The van der Waals surface area contributed by atoms with E-state index in [1.165, 1.54) is 0 Å². The molecule has 2 heterocycles. The van der Waals surface area contributed by atoms with Crippen molar-refractivity contribution in [1.29, 1.82) is 0 Å². The summed E-state index contributed by atoms with van der Waals surface area (Å²) in [7, 11) is 0. The van der Waals surface area contributed by atoms with Crippen LogP contribution in [0, 0.1) is 0 Å². The molecule has 0 spiro atoms. The molecule has 1 aromatic rings. The average molecular weight is 275 g/mol. The number of imide groups is 1. The second-order valence-electron chi connectivity index (χ2n) is 4.16. The Balaban J connectivity index is 1.84. The minimum atomic E-state index is -0.595. The number of rotatable bonds is 2. The Kier molecular flexibility index (Phi) is 2.63. The van der Waals surface area contributed by atoms with Crippen molar-refractivity contribution in [1.82, 2.24) is 4.90 Å².